The van der Waals surface area contributed by atoms with Crippen molar-refractivity contribution in [1.29, 1.82) is 0 Å². The van der Waals surface area contributed by atoms with E-state index >= 15 is 0 Å². The highest BCUT2D eigenvalue weighted by Crippen LogP contribution is 2.33. The number of hydrogen-bond donors (Lipinski definition) is 1. The molecule has 0 saturated carbocycles. The summed E-state index contributed by atoms with van der Waals surface area (Å²) >= 11 is 5.68. The number of nitrogens with two attached hydrogens (primary N) is 1. The van der Waals surface area contributed by atoms with Crippen LogP contribution in [0.2, 0.25) is 5.02 Å². The maximum Gasteiger partial charge on any atom is 0.380 e. The molecule has 34 heavy (non-hydrogen) atoms. The lowest BCUT2D eigenvalue weighted by Crippen LogP contribution is -2.32. The van der Waals surface area contributed by atoms with Crippen molar-refractivity contribution in [3.63, 3.8) is 0 Å². The number of hydrogen-bond acceptors (Lipinski definition) is 4. The van der Waals surface area contributed by atoms with E-state index in [1.807, 2.05) is 12.3 Å². The van der Waals surface area contributed by atoms with Gasteiger partial charge in [-0.2, -0.15) is 8.78 Å². The predicted octanol–water partition coefficient (Wildman–Crippen LogP) is 5.93. The fraction of sp³-hybridized carbons (Fsp3) is 0.308. The first-order chi connectivity index (χ1) is 16.3. The van der Waals surface area contributed by atoms with E-state index in [2.05, 4.69) is 39.9 Å². The number of primary amides is 1. The molecular formula is C26H26ClF2N3O2. The number of nitrogens with zero attached hydrogens (tertiary/aromatic N) is 2. The quantitative estimate of drug-likeness (QED) is 0.367. The van der Waals surface area contributed by atoms with Crippen LogP contribution in [0.5, 0.6) is 0 Å². The highest BCUT2D eigenvalue weighted by atomic mass is 35.5. The van der Waals surface area contributed by atoms with Gasteiger partial charge in [0, 0.05) is 22.0 Å². The maximum atomic E-state index is 13.2. The lowest BCUT2D eigenvalue weighted by atomic mass is 10.1. The number of halogens is 3. The van der Waals surface area contributed by atoms with Gasteiger partial charge in [-0.05, 0) is 93.3 Å². The Morgan fingerprint density at radius 2 is 1.88 bits per heavy atom. The Hall–Kier alpha value is -3.03. The minimum Gasteiger partial charge on any atom is -0.454 e. The molecule has 1 saturated heterocycles. The SMILES string of the molecule is NC(=O)C(F)(F)c1cc2cc(Cl)ccc2o1.c1cnc2ccc(CCCN3CCCC3)cc2c1. The molecule has 4 aromatic rings. The van der Waals surface area contributed by atoms with Gasteiger partial charge in [-0.25, -0.2) is 0 Å². The second-order valence-corrected chi connectivity index (χ2v) is 8.85. The molecule has 2 aromatic carbocycles. The van der Waals surface area contributed by atoms with Crippen molar-refractivity contribution >= 4 is 39.4 Å². The third-order valence-electron chi connectivity index (χ3n) is 5.90. The lowest BCUT2D eigenvalue weighted by Gasteiger charge is -2.14. The number of carbonyl (C=O) groups is 1. The van der Waals surface area contributed by atoms with Gasteiger partial charge < -0.3 is 15.1 Å². The minimum absolute atomic E-state index is 0.223. The van der Waals surface area contributed by atoms with Crippen molar-refractivity contribution in [2.45, 2.75) is 31.6 Å². The number of amides is 1. The highest BCUT2D eigenvalue weighted by Gasteiger charge is 2.42. The molecule has 5 nitrogen and oxygen atoms in total. The zero-order chi connectivity index (χ0) is 24.1. The number of aromatic nitrogens is 1. The van der Waals surface area contributed by atoms with Crippen molar-refractivity contribution < 1.29 is 18.0 Å². The van der Waals surface area contributed by atoms with E-state index in [1.54, 1.807) is 0 Å². The predicted molar refractivity (Wildman–Crippen MR) is 130 cm³/mol. The van der Waals surface area contributed by atoms with E-state index in [0.717, 1.165) is 11.6 Å². The first-order valence-electron chi connectivity index (χ1n) is 11.3. The monoisotopic (exact) mass is 485 g/mol. The van der Waals surface area contributed by atoms with E-state index in [-0.39, 0.29) is 5.58 Å². The fourth-order valence-electron chi connectivity index (χ4n) is 4.08. The van der Waals surface area contributed by atoms with Gasteiger partial charge in [-0.3, -0.25) is 9.78 Å². The van der Waals surface area contributed by atoms with Gasteiger partial charge in [0.15, 0.2) is 5.76 Å². The van der Waals surface area contributed by atoms with Crippen LogP contribution in [0, 0.1) is 0 Å². The van der Waals surface area contributed by atoms with Crippen LogP contribution in [-0.4, -0.2) is 35.4 Å². The molecule has 0 unspecified atom stereocenters. The summed E-state index contributed by atoms with van der Waals surface area (Å²) in [6.07, 6.45) is 7.09. The molecule has 0 bridgehead atoms. The fourth-order valence-corrected chi connectivity index (χ4v) is 4.26. The van der Waals surface area contributed by atoms with Crippen molar-refractivity contribution in [3.8, 4) is 0 Å². The van der Waals surface area contributed by atoms with Crippen molar-refractivity contribution in [2.24, 2.45) is 5.73 Å². The summed E-state index contributed by atoms with van der Waals surface area (Å²) in [7, 11) is 0. The number of furan rings is 1. The molecule has 1 fully saturated rings. The zero-order valence-electron chi connectivity index (χ0n) is 18.6. The lowest BCUT2D eigenvalue weighted by molar-refractivity contribution is -0.145. The molecule has 1 amide bonds. The third kappa shape index (κ3) is 5.72. The maximum absolute atomic E-state index is 13.2. The number of carbonyl (C=O) groups excluding carboxylic acids is 1. The molecule has 2 aromatic heterocycles. The van der Waals surface area contributed by atoms with Crippen LogP contribution in [0.1, 0.15) is 30.6 Å². The minimum atomic E-state index is -3.81. The Labute approximate surface area is 201 Å². The van der Waals surface area contributed by atoms with Gasteiger partial charge in [0.2, 0.25) is 0 Å². The summed E-state index contributed by atoms with van der Waals surface area (Å²) < 4.78 is 31.3. The number of aryl methyl sites for hydroxylation is 1. The average molecular weight is 486 g/mol. The molecule has 0 radical (unpaired) electrons. The number of fused-ring (bicyclic) bond motifs is 2. The largest absolute Gasteiger partial charge is 0.454 e. The van der Waals surface area contributed by atoms with Crippen molar-refractivity contribution in [1.82, 2.24) is 9.88 Å². The number of rotatable bonds is 6. The molecule has 5 rings (SSSR count). The smallest absolute Gasteiger partial charge is 0.380 e. The molecular weight excluding hydrogens is 460 g/mol. The second-order valence-electron chi connectivity index (χ2n) is 8.41. The Bertz CT molecular complexity index is 1290. The topological polar surface area (TPSA) is 72.4 Å². The summed E-state index contributed by atoms with van der Waals surface area (Å²) in [5.74, 6) is -6.35. The number of pyridine rings is 1. The van der Waals surface area contributed by atoms with E-state index in [4.69, 9.17) is 16.0 Å². The van der Waals surface area contributed by atoms with Gasteiger partial charge in [0.05, 0.1) is 5.52 Å². The van der Waals surface area contributed by atoms with Crippen LogP contribution in [0.3, 0.4) is 0 Å². The molecule has 0 aliphatic carbocycles. The van der Waals surface area contributed by atoms with Crippen LogP contribution in [0.4, 0.5) is 8.78 Å². The highest BCUT2D eigenvalue weighted by molar-refractivity contribution is 6.31. The first kappa shape index (κ1) is 24.1. The standard InChI is InChI=1S/C16H20N2.C10H6ClF2NO2/c1-2-11-18(10-1)12-4-5-14-7-8-16-15(13-14)6-3-9-17-16;11-6-1-2-7-5(3-6)4-8(16-7)10(12,13)9(14)15/h3,6-9,13H,1-2,4-5,10-12H2;1-4H,(H2,14,15). The average Bonchev–Trinajstić information content (AvgIpc) is 3.49. The summed E-state index contributed by atoms with van der Waals surface area (Å²) in [6.45, 7) is 3.87. The summed E-state index contributed by atoms with van der Waals surface area (Å²) in [5, 5.41) is 2.04. The van der Waals surface area contributed by atoms with Gasteiger partial charge in [-0.1, -0.05) is 23.7 Å². The van der Waals surface area contributed by atoms with E-state index < -0.39 is 17.6 Å². The second kappa shape index (κ2) is 10.5. The molecule has 0 spiro atoms. The van der Waals surface area contributed by atoms with E-state index in [1.165, 1.54) is 74.5 Å². The van der Waals surface area contributed by atoms with E-state index in [0.29, 0.717) is 10.4 Å². The third-order valence-corrected chi connectivity index (χ3v) is 6.14. The van der Waals surface area contributed by atoms with Gasteiger partial charge >= 0.3 is 5.92 Å². The Morgan fingerprint density at radius 1 is 1.09 bits per heavy atom. The van der Waals surface area contributed by atoms with Crippen LogP contribution in [0.25, 0.3) is 21.9 Å². The van der Waals surface area contributed by atoms with Crippen molar-refractivity contribution in [2.75, 3.05) is 19.6 Å². The molecule has 3 heterocycles. The van der Waals surface area contributed by atoms with Gasteiger partial charge in [0.1, 0.15) is 5.58 Å². The van der Waals surface area contributed by atoms with Crippen LogP contribution < -0.4 is 5.73 Å². The summed E-state index contributed by atoms with van der Waals surface area (Å²) in [5.41, 5.74) is 7.34. The van der Waals surface area contributed by atoms with Crippen LogP contribution in [0.15, 0.2) is 65.2 Å². The molecule has 1 aliphatic rings. The Balaban J connectivity index is 0.000000162. The van der Waals surface area contributed by atoms with Gasteiger partial charge in [-0.15, -0.1) is 0 Å². The van der Waals surface area contributed by atoms with Crippen LogP contribution >= 0.6 is 11.6 Å². The normalized spacial score (nSPS) is 14.3. The van der Waals surface area contributed by atoms with Gasteiger partial charge in [0.25, 0.3) is 5.91 Å². The Morgan fingerprint density at radius 3 is 2.65 bits per heavy atom. The molecule has 178 valence electrons. The first-order valence-corrected chi connectivity index (χ1v) is 11.6. The number of benzene rings is 2. The molecule has 2 N–H and O–H groups in total. The summed E-state index contributed by atoms with van der Waals surface area (Å²) in [6, 6.07) is 16.2. The van der Waals surface area contributed by atoms with Crippen molar-refractivity contribution in [3.05, 3.63) is 77.1 Å². The zero-order valence-corrected chi connectivity index (χ0v) is 19.4. The molecule has 8 heteroatoms. The molecule has 0 atom stereocenters. The van der Waals surface area contributed by atoms with Crippen LogP contribution in [-0.2, 0) is 17.1 Å². The number of likely N-dealkylation sites (tertiary alicyclic amines) is 1. The molecule has 1 aliphatic heterocycles. The summed E-state index contributed by atoms with van der Waals surface area (Å²) in [4.78, 5) is 17.5. The Kier molecular flexibility index (Phi) is 7.44. The van der Waals surface area contributed by atoms with E-state index in [9.17, 15) is 13.6 Å². The number of alkyl halides is 2.